The fourth-order valence-corrected chi connectivity index (χ4v) is 2.74. The molecule has 0 spiro atoms. The number of nitrogens with two attached hydrogens (primary N) is 1. The first-order valence-electron chi connectivity index (χ1n) is 8.26. The molecule has 25 heavy (non-hydrogen) atoms. The summed E-state index contributed by atoms with van der Waals surface area (Å²) in [4.78, 5) is 24.6. The zero-order valence-electron chi connectivity index (χ0n) is 14.0. The van der Waals surface area contributed by atoms with Crippen LogP contribution in [0.3, 0.4) is 0 Å². The van der Waals surface area contributed by atoms with E-state index in [1.54, 1.807) is 0 Å². The van der Waals surface area contributed by atoms with Gasteiger partial charge in [-0.1, -0.05) is 60.7 Å². The molecule has 3 N–H and O–H groups in total. The molecule has 0 bridgehead atoms. The molecule has 4 nitrogen and oxygen atoms in total. The van der Waals surface area contributed by atoms with E-state index in [0.717, 1.165) is 11.1 Å². The number of benzene rings is 2. The van der Waals surface area contributed by atoms with Crippen LogP contribution in [-0.2, 0) is 9.59 Å². The minimum absolute atomic E-state index is 0.248. The van der Waals surface area contributed by atoms with E-state index >= 15 is 0 Å². The van der Waals surface area contributed by atoms with Crippen molar-refractivity contribution in [2.45, 2.75) is 31.2 Å². The highest BCUT2D eigenvalue weighted by Gasteiger charge is 2.26. The van der Waals surface area contributed by atoms with Crippen LogP contribution in [0.2, 0.25) is 0 Å². The monoisotopic (exact) mass is 334 g/mol. The third kappa shape index (κ3) is 5.22. The molecule has 0 saturated carbocycles. The van der Waals surface area contributed by atoms with Crippen molar-refractivity contribution in [3.8, 4) is 12.3 Å². The number of carbonyl (C=O) groups excluding carboxylic acids is 2. The highest BCUT2D eigenvalue weighted by atomic mass is 16.2. The molecular weight excluding hydrogens is 312 g/mol. The number of hydrogen-bond acceptors (Lipinski definition) is 2. The van der Waals surface area contributed by atoms with Crippen LogP contribution in [0.15, 0.2) is 60.7 Å². The number of nitrogens with one attached hydrogen (secondary N) is 1. The molecule has 0 aliphatic heterocycles. The molecule has 0 heterocycles. The minimum atomic E-state index is -0.726. The van der Waals surface area contributed by atoms with Gasteiger partial charge >= 0.3 is 0 Å². The van der Waals surface area contributed by atoms with E-state index in [4.69, 9.17) is 12.2 Å². The Kier molecular flexibility index (Phi) is 6.79. The summed E-state index contributed by atoms with van der Waals surface area (Å²) in [5.41, 5.74) is 7.16. The smallest absolute Gasteiger partial charge is 0.240 e. The van der Waals surface area contributed by atoms with Gasteiger partial charge in [-0.15, -0.1) is 12.3 Å². The van der Waals surface area contributed by atoms with Gasteiger partial charge in [-0.3, -0.25) is 9.59 Å². The maximum absolute atomic E-state index is 12.9. The normalized spacial score (nSPS) is 11.5. The Morgan fingerprint density at radius 3 is 1.96 bits per heavy atom. The van der Waals surface area contributed by atoms with Crippen LogP contribution in [0, 0.1) is 12.3 Å². The molecule has 4 heteroatoms. The highest BCUT2D eigenvalue weighted by molar-refractivity contribution is 5.91. The van der Waals surface area contributed by atoms with Gasteiger partial charge in [0.25, 0.3) is 0 Å². The van der Waals surface area contributed by atoms with Gasteiger partial charge in [0.2, 0.25) is 11.8 Å². The molecule has 128 valence electrons. The number of unbranched alkanes of at least 4 members (excludes halogenated alkanes) is 1. The lowest BCUT2D eigenvalue weighted by Gasteiger charge is -2.21. The molecule has 0 aromatic heterocycles. The molecule has 0 saturated heterocycles. The van der Waals surface area contributed by atoms with Crippen molar-refractivity contribution in [3.63, 3.8) is 0 Å². The van der Waals surface area contributed by atoms with Crippen molar-refractivity contribution in [2.24, 2.45) is 5.73 Å². The van der Waals surface area contributed by atoms with E-state index in [1.807, 2.05) is 60.7 Å². The Labute approximate surface area is 148 Å². The predicted octanol–water partition coefficient (Wildman–Crippen LogP) is 2.59. The Morgan fingerprint density at radius 2 is 1.52 bits per heavy atom. The zero-order valence-corrected chi connectivity index (χ0v) is 14.0. The van der Waals surface area contributed by atoms with Crippen LogP contribution in [0.1, 0.15) is 36.3 Å². The summed E-state index contributed by atoms with van der Waals surface area (Å²) in [6.07, 6.45) is 6.84. The topological polar surface area (TPSA) is 72.2 Å². The lowest BCUT2D eigenvalue weighted by Crippen LogP contribution is -2.46. The van der Waals surface area contributed by atoms with E-state index < -0.39 is 17.9 Å². The maximum atomic E-state index is 12.9. The average molecular weight is 334 g/mol. The minimum Gasteiger partial charge on any atom is -0.368 e. The summed E-state index contributed by atoms with van der Waals surface area (Å²) in [5.74, 6) is 1.22. The van der Waals surface area contributed by atoms with E-state index in [-0.39, 0.29) is 5.91 Å². The third-order valence-electron chi connectivity index (χ3n) is 4.00. The summed E-state index contributed by atoms with van der Waals surface area (Å²) in [6, 6.07) is 18.2. The molecule has 0 radical (unpaired) electrons. The first-order chi connectivity index (χ1) is 12.1. The Morgan fingerprint density at radius 1 is 1.00 bits per heavy atom. The van der Waals surface area contributed by atoms with E-state index in [2.05, 4.69) is 11.2 Å². The molecule has 0 unspecified atom stereocenters. The predicted molar refractivity (Wildman–Crippen MR) is 98.5 cm³/mol. The molecule has 2 aromatic rings. The van der Waals surface area contributed by atoms with E-state index in [9.17, 15) is 9.59 Å². The van der Waals surface area contributed by atoms with Gasteiger partial charge in [-0.2, -0.15) is 0 Å². The zero-order chi connectivity index (χ0) is 18.1. The molecule has 0 aliphatic rings. The Hall–Kier alpha value is -3.06. The van der Waals surface area contributed by atoms with E-state index in [1.165, 1.54) is 0 Å². The summed E-state index contributed by atoms with van der Waals surface area (Å²) < 4.78 is 0. The van der Waals surface area contributed by atoms with Crippen molar-refractivity contribution < 1.29 is 9.59 Å². The SMILES string of the molecule is C#CCCC[C@H](NC(=O)C(c1ccccc1)c1ccccc1)C(N)=O. The molecule has 2 amide bonds. The first-order valence-corrected chi connectivity index (χ1v) is 8.26. The lowest BCUT2D eigenvalue weighted by molar-refractivity contribution is -0.127. The quantitative estimate of drug-likeness (QED) is 0.575. The molecular formula is C21H22N2O2. The Balaban J connectivity index is 2.23. The third-order valence-corrected chi connectivity index (χ3v) is 4.00. The number of rotatable bonds is 8. The van der Waals surface area contributed by atoms with Crippen molar-refractivity contribution in [1.29, 1.82) is 0 Å². The molecule has 2 rings (SSSR count). The van der Waals surface area contributed by atoms with Crippen LogP contribution >= 0.6 is 0 Å². The van der Waals surface area contributed by atoms with Gasteiger partial charge in [-0.25, -0.2) is 0 Å². The molecule has 0 aliphatic carbocycles. The molecule has 1 atom stereocenters. The largest absolute Gasteiger partial charge is 0.368 e. The summed E-state index contributed by atoms with van der Waals surface area (Å²) in [7, 11) is 0. The van der Waals surface area contributed by atoms with Crippen molar-refractivity contribution in [3.05, 3.63) is 71.8 Å². The van der Waals surface area contributed by atoms with Crippen LogP contribution in [0.5, 0.6) is 0 Å². The lowest BCUT2D eigenvalue weighted by atomic mass is 9.90. The van der Waals surface area contributed by atoms with Gasteiger partial charge in [0.15, 0.2) is 0 Å². The van der Waals surface area contributed by atoms with Gasteiger partial charge in [0.1, 0.15) is 6.04 Å². The van der Waals surface area contributed by atoms with Gasteiger partial charge in [-0.05, 0) is 24.0 Å². The van der Waals surface area contributed by atoms with Crippen molar-refractivity contribution >= 4 is 11.8 Å². The second-order valence-electron chi connectivity index (χ2n) is 5.81. The van der Waals surface area contributed by atoms with Gasteiger partial charge in [0, 0.05) is 6.42 Å². The summed E-state index contributed by atoms with van der Waals surface area (Å²) >= 11 is 0. The van der Waals surface area contributed by atoms with Crippen LogP contribution < -0.4 is 11.1 Å². The highest BCUT2D eigenvalue weighted by Crippen LogP contribution is 2.25. The molecule has 0 fully saturated rings. The summed E-state index contributed by atoms with van der Waals surface area (Å²) in [6.45, 7) is 0. The van der Waals surface area contributed by atoms with Gasteiger partial charge < -0.3 is 11.1 Å². The first kappa shape index (κ1) is 18.3. The number of primary amides is 1. The van der Waals surface area contributed by atoms with Crippen molar-refractivity contribution in [2.75, 3.05) is 0 Å². The van der Waals surface area contributed by atoms with Crippen LogP contribution in [0.25, 0.3) is 0 Å². The Bertz CT molecular complexity index is 696. The van der Waals surface area contributed by atoms with Gasteiger partial charge in [0.05, 0.1) is 5.92 Å². The summed E-state index contributed by atoms with van der Waals surface area (Å²) in [5, 5.41) is 2.79. The number of terminal acetylenes is 1. The second-order valence-corrected chi connectivity index (χ2v) is 5.81. The standard InChI is InChI=1S/C21H22N2O2/c1-2-3-6-15-18(20(22)24)23-21(25)19(16-11-7-4-8-12-16)17-13-9-5-10-14-17/h1,4-5,7-14,18-19H,3,6,15H2,(H2,22,24)(H,23,25)/t18-/m0/s1. The van der Waals surface area contributed by atoms with Crippen molar-refractivity contribution in [1.82, 2.24) is 5.32 Å². The number of hydrogen-bond donors (Lipinski definition) is 2. The number of amides is 2. The molecule has 2 aromatic carbocycles. The average Bonchev–Trinajstić information content (AvgIpc) is 2.63. The second kappa shape index (κ2) is 9.29. The fourth-order valence-electron chi connectivity index (χ4n) is 2.74. The van der Waals surface area contributed by atoms with E-state index in [0.29, 0.717) is 19.3 Å². The van der Waals surface area contributed by atoms with Crippen LogP contribution in [-0.4, -0.2) is 17.9 Å². The van der Waals surface area contributed by atoms with Crippen LogP contribution in [0.4, 0.5) is 0 Å². The fraction of sp³-hybridized carbons (Fsp3) is 0.238. The maximum Gasteiger partial charge on any atom is 0.240 e. The number of carbonyl (C=O) groups is 2.